The minimum atomic E-state index is -3.87. The summed E-state index contributed by atoms with van der Waals surface area (Å²) in [6, 6.07) is 7.51. The van der Waals surface area contributed by atoms with E-state index in [2.05, 4.69) is 15.0 Å². The van der Waals surface area contributed by atoms with Gasteiger partial charge in [0, 0.05) is 30.7 Å². The smallest absolute Gasteiger partial charge is 0.264 e. The van der Waals surface area contributed by atoms with Crippen molar-refractivity contribution in [2.45, 2.75) is 4.90 Å². The number of sulfonamides is 1. The van der Waals surface area contributed by atoms with Crippen LogP contribution in [0.25, 0.3) is 0 Å². The first kappa shape index (κ1) is 15.3. The summed E-state index contributed by atoms with van der Waals surface area (Å²) in [7, 11) is -2.37. The standard InChI is InChI=1S/C13H12ClN3O3S/c1-15-13(18)9-3-2-4-10(7-9)17-21(19,20)12-8-16-6-5-11(12)14/h2-8,17H,1H3,(H,15,18). The molecule has 0 unspecified atom stereocenters. The third kappa shape index (κ3) is 3.50. The number of halogens is 1. The van der Waals surface area contributed by atoms with Gasteiger partial charge >= 0.3 is 0 Å². The second kappa shape index (κ2) is 6.11. The molecule has 21 heavy (non-hydrogen) atoms. The van der Waals surface area contributed by atoms with Crippen molar-refractivity contribution in [2.24, 2.45) is 0 Å². The number of rotatable bonds is 4. The van der Waals surface area contributed by atoms with E-state index in [0.717, 1.165) is 6.20 Å². The number of benzene rings is 1. The summed E-state index contributed by atoms with van der Waals surface area (Å²) in [5.41, 5.74) is 0.603. The summed E-state index contributed by atoms with van der Waals surface area (Å²) >= 11 is 5.86. The monoisotopic (exact) mass is 325 g/mol. The van der Waals surface area contributed by atoms with Crippen LogP contribution >= 0.6 is 11.6 Å². The normalized spacial score (nSPS) is 11.0. The molecule has 0 aliphatic heterocycles. The van der Waals surface area contributed by atoms with Gasteiger partial charge in [0.1, 0.15) is 4.90 Å². The van der Waals surface area contributed by atoms with Gasteiger partial charge in [-0.1, -0.05) is 17.7 Å². The first-order valence-electron chi connectivity index (χ1n) is 5.88. The van der Waals surface area contributed by atoms with Gasteiger partial charge in [-0.3, -0.25) is 14.5 Å². The fourth-order valence-corrected chi connectivity index (χ4v) is 3.12. The summed E-state index contributed by atoms with van der Waals surface area (Å²) < 4.78 is 26.8. The SMILES string of the molecule is CNC(=O)c1cccc(NS(=O)(=O)c2cnccc2Cl)c1. The second-order valence-electron chi connectivity index (χ2n) is 4.07. The van der Waals surface area contributed by atoms with Crippen LogP contribution < -0.4 is 10.0 Å². The third-order valence-electron chi connectivity index (χ3n) is 2.63. The van der Waals surface area contributed by atoms with Crippen LogP contribution in [0.4, 0.5) is 5.69 Å². The Morgan fingerprint density at radius 3 is 2.71 bits per heavy atom. The minimum absolute atomic E-state index is 0.0694. The maximum atomic E-state index is 12.2. The number of carbonyl (C=O) groups is 1. The van der Waals surface area contributed by atoms with Crippen molar-refractivity contribution in [3.63, 3.8) is 0 Å². The fraction of sp³-hybridized carbons (Fsp3) is 0.0769. The van der Waals surface area contributed by atoms with Crippen LogP contribution in [0.2, 0.25) is 5.02 Å². The van der Waals surface area contributed by atoms with Gasteiger partial charge in [0.2, 0.25) is 0 Å². The zero-order chi connectivity index (χ0) is 15.5. The molecule has 8 heteroatoms. The lowest BCUT2D eigenvalue weighted by Crippen LogP contribution is -2.18. The van der Waals surface area contributed by atoms with E-state index in [1.165, 1.54) is 31.4 Å². The lowest BCUT2D eigenvalue weighted by Gasteiger charge is -2.10. The lowest BCUT2D eigenvalue weighted by atomic mass is 10.2. The predicted molar refractivity (Wildman–Crippen MR) is 79.9 cm³/mol. The minimum Gasteiger partial charge on any atom is -0.355 e. The summed E-state index contributed by atoms with van der Waals surface area (Å²) in [5.74, 6) is -0.310. The maximum Gasteiger partial charge on any atom is 0.264 e. The van der Waals surface area contributed by atoms with Gasteiger partial charge < -0.3 is 5.32 Å². The highest BCUT2D eigenvalue weighted by Gasteiger charge is 2.18. The van der Waals surface area contributed by atoms with Gasteiger partial charge in [0.15, 0.2) is 0 Å². The van der Waals surface area contributed by atoms with Crippen LogP contribution in [0.1, 0.15) is 10.4 Å². The van der Waals surface area contributed by atoms with Gasteiger partial charge in [-0.15, -0.1) is 0 Å². The number of nitrogens with zero attached hydrogens (tertiary/aromatic N) is 1. The molecule has 2 aromatic rings. The molecule has 0 fully saturated rings. The van der Waals surface area contributed by atoms with Gasteiger partial charge in [-0.25, -0.2) is 8.42 Å². The van der Waals surface area contributed by atoms with Crippen molar-refractivity contribution in [3.8, 4) is 0 Å². The first-order valence-corrected chi connectivity index (χ1v) is 7.74. The molecule has 0 atom stereocenters. The summed E-state index contributed by atoms with van der Waals surface area (Å²) in [4.78, 5) is 15.2. The van der Waals surface area contributed by atoms with E-state index in [0.29, 0.717) is 5.56 Å². The van der Waals surface area contributed by atoms with E-state index >= 15 is 0 Å². The molecule has 1 heterocycles. The van der Waals surface area contributed by atoms with E-state index < -0.39 is 10.0 Å². The van der Waals surface area contributed by atoms with Crippen LogP contribution in [0.3, 0.4) is 0 Å². The van der Waals surface area contributed by atoms with Crippen LogP contribution in [0.5, 0.6) is 0 Å². The molecule has 0 saturated heterocycles. The highest BCUT2D eigenvalue weighted by molar-refractivity contribution is 7.92. The molecule has 2 rings (SSSR count). The Labute approximate surface area is 127 Å². The predicted octanol–water partition coefficient (Wildman–Crippen LogP) is 1.90. The maximum absolute atomic E-state index is 12.2. The molecular formula is C13H12ClN3O3S. The number of anilines is 1. The Morgan fingerprint density at radius 1 is 1.29 bits per heavy atom. The van der Waals surface area contributed by atoms with Gasteiger partial charge in [0.25, 0.3) is 15.9 Å². The Morgan fingerprint density at radius 2 is 2.05 bits per heavy atom. The molecule has 110 valence electrons. The molecule has 0 radical (unpaired) electrons. The van der Waals surface area contributed by atoms with Crippen molar-refractivity contribution in [2.75, 3.05) is 11.8 Å². The van der Waals surface area contributed by atoms with Crippen LogP contribution in [-0.4, -0.2) is 26.4 Å². The number of aromatic nitrogens is 1. The molecule has 6 nitrogen and oxygen atoms in total. The second-order valence-corrected chi connectivity index (χ2v) is 6.13. The van der Waals surface area contributed by atoms with Gasteiger partial charge in [-0.05, 0) is 24.3 Å². The van der Waals surface area contributed by atoms with E-state index in [-0.39, 0.29) is 21.5 Å². The Bertz CT molecular complexity index is 778. The molecule has 1 aromatic carbocycles. The average molecular weight is 326 g/mol. The topological polar surface area (TPSA) is 88.2 Å². The quantitative estimate of drug-likeness (QED) is 0.898. The largest absolute Gasteiger partial charge is 0.355 e. The zero-order valence-electron chi connectivity index (χ0n) is 11.0. The van der Waals surface area contributed by atoms with Crippen LogP contribution in [0.15, 0.2) is 47.6 Å². The van der Waals surface area contributed by atoms with E-state index in [1.54, 1.807) is 12.1 Å². The molecule has 1 amide bonds. The van der Waals surface area contributed by atoms with Gasteiger partial charge in [-0.2, -0.15) is 0 Å². The molecule has 0 aliphatic carbocycles. The van der Waals surface area contributed by atoms with Crippen molar-refractivity contribution in [1.29, 1.82) is 0 Å². The number of carbonyl (C=O) groups excluding carboxylic acids is 1. The van der Waals surface area contributed by atoms with Crippen molar-refractivity contribution >= 4 is 33.2 Å². The molecule has 0 bridgehead atoms. The van der Waals surface area contributed by atoms with Crippen molar-refractivity contribution in [3.05, 3.63) is 53.3 Å². The fourth-order valence-electron chi connectivity index (χ4n) is 1.64. The summed E-state index contributed by atoms with van der Waals surface area (Å²) in [5, 5.41) is 2.53. The van der Waals surface area contributed by atoms with Gasteiger partial charge in [0.05, 0.1) is 5.02 Å². The van der Waals surface area contributed by atoms with Crippen LogP contribution in [0, 0.1) is 0 Å². The number of pyridine rings is 1. The number of nitrogens with one attached hydrogen (secondary N) is 2. The Balaban J connectivity index is 2.34. The Hall–Kier alpha value is -2.12. The summed E-state index contributed by atoms with van der Waals surface area (Å²) in [6.45, 7) is 0. The summed E-state index contributed by atoms with van der Waals surface area (Å²) in [6.07, 6.45) is 2.56. The number of hydrogen-bond donors (Lipinski definition) is 2. The number of amides is 1. The van der Waals surface area contributed by atoms with Crippen molar-refractivity contribution < 1.29 is 13.2 Å². The molecule has 2 N–H and O–H groups in total. The Kier molecular flexibility index (Phi) is 4.44. The molecule has 0 spiro atoms. The average Bonchev–Trinajstić information content (AvgIpc) is 2.46. The molecular weight excluding hydrogens is 314 g/mol. The highest BCUT2D eigenvalue weighted by atomic mass is 35.5. The molecule has 0 aliphatic rings. The highest BCUT2D eigenvalue weighted by Crippen LogP contribution is 2.22. The molecule has 0 saturated carbocycles. The van der Waals surface area contributed by atoms with E-state index in [4.69, 9.17) is 11.6 Å². The number of hydrogen-bond acceptors (Lipinski definition) is 4. The molecule has 1 aromatic heterocycles. The van der Waals surface area contributed by atoms with Crippen LogP contribution in [-0.2, 0) is 10.0 Å². The lowest BCUT2D eigenvalue weighted by molar-refractivity contribution is 0.0963. The van der Waals surface area contributed by atoms with Crippen molar-refractivity contribution in [1.82, 2.24) is 10.3 Å². The third-order valence-corrected chi connectivity index (χ3v) is 4.48. The van der Waals surface area contributed by atoms with E-state index in [1.807, 2.05) is 0 Å². The first-order chi connectivity index (χ1) is 9.94. The zero-order valence-corrected chi connectivity index (χ0v) is 12.6. The van der Waals surface area contributed by atoms with E-state index in [9.17, 15) is 13.2 Å².